The highest BCUT2D eigenvalue weighted by Crippen LogP contribution is 2.27. The van der Waals surface area contributed by atoms with Gasteiger partial charge in [0.15, 0.2) is 16.3 Å². The highest BCUT2D eigenvalue weighted by Gasteiger charge is 2.12. The van der Waals surface area contributed by atoms with Gasteiger partial charge in [-0.3, -0.25) is 10.1 Å². The van der Waals surface area contributed by atoms with Gasteiger partial charge in [-0.25, -0.2) is 4.98 Å². The largest absolute Gasteiger partial charge is 0.493 e. The van der Waals surface area contributed by atoms with Crippen molar-refractivity contribution in [2.45, 2.75) is 6.92 Å². The van der Waals surface area contributed by atoms with Crippen LogP contribution in [0.2, 0.25) is 0 Å². The van der Waals surface area contributed by atoms with Crippen molar-refractivity contribution >= 4 is 56.1 Å². The minimum absolute atomic E-state index is 0.173. The molecule has 0 atom stereocenters. The number of fused-ring (bicyclic) bond motifs is 1. The fraction of sp³-hybridized carbons (Fsp3) is 0.0909. The van der Waals surface area contributed by atoms with Crippen molar-refractivity contribution in [1.29, 1.82) is 0 Å². The number of rotatable bonds is 5. The molecule has 2 heterocycles. The van der Waals surface area contributed by atoms with Crippen LogP contribution >= 0.6 is 28.1 Å². The molecule has 4 rings (SSSR count). The third-order valence-corrected chi connectivity index (χ3v) is 5.08. The van der Waals surface area contributed by atoms with Crippen molar-refractivity contribution < 1.29 is 13.9 Å². The zero-order valence-electron chi connectivity index (χ0n) is 16.4. The van der Waals surface area contributed by atoms with E-state index in [0.29, 0.717) is 45.2 Å². The average molecular weight is 497 g/mol. The second kappa shape index (κ2) is 9.23. The maximum Gasteiger partial charge on any atom is 0.257 e. The quantitative estimate of drug-likeness (QED) is 0.368. The molecule has 0 fully saturated rings. The molecule has 0 aliphatic rings. The molecule has 0 bridgehead atoms. The van der Waals surface area contributed by atoms with E-state index in [1.807, 2.05) is 37.3 Å². The van der Waals surface area contributed by atoms with E-state index in [2.05, 4.69) is 36.5 Å². The maximum atomic E-state index is 12.5. The topological polar surface area (TPSA) is 89.3 Å². The molecule has 1 amide bonds. The van der Waals surface area contributed by atoms with E-state index in [1.54, 1.807) is 30.5 Å². The van der Waals surface area contributed by atoms with Crippen LogP contribution in [0.4, 0.5) is 5.69 Å². The number of pyridine rings is 1. The number of aromatic nitrogens is 2. The normalized spacial score (nSPS) is 10.6. The molecule has 0 spiro atoms. The Balaban J connectivity index is 1.44. The molecule has 2 aromatic heterocycles. The first-order chi connectivity index (χ1) is 15.0. The molecule has 4 aromatic rings. The molecule has 7 nitrogen and oxygen atoms in total. The molecular weight excluding hydrogens is 480 g/mol. The summed E-state index contributed by atoms with van der Waals surface area (Å²) >= 11 is 8.70. The molecule has 0 aliphatic carbocycles. The lowest BCUT2D eigenvalue weighted by Crippen LogP contribution is -2.34. The van der Waals surface area contributed by atoms with E-state index in [1.165, 1.54) is 0 Å². The number of carbonyl (C=O) groups excluding carboxylic acids is 1. The fourth-order valence-electron chi connectivity index (χ4n) is 2.87. The molecule has 0 aliphatic heterocycles. The number of anilines is 1. The lowest BCUT2D eigenvalue weighted by molar-refractivity contribution is 0.0977. The number of benzene rings is 2. The summed E-state index contributed by atoms with van der Waals surface area (Å²) < 4.78 is 11.9. The van der Waals surface area contributed by atoms with E-state index >= 15 is 0 Å². The van der Waals surface area contributed by atoms with Crippen LogP contribution in [-0.2, 0) is 0 Å². The molecule has 0 unspecified atom stereocenters. The second-order valence-corrected chi connectivity index (χ2v) is 7.67. The minimum Gasteiger partial charge on any atom is -0.493 e. The lowest BCUT2D eigenvalue weighted by Gasteiger charge is -2.11. The highest BCUT2D eigenvalue weighted by molar-refractivity contribution is 9.10. The summed E-state index contributed by atoms with van der Waals surface area (Å²) in [5.74, 6) is 0.792. The second-order valence-electron chi connectivity index (χ2n) is 6.41. The maximum absolute atomic E-state index is 12.5. The van der Waals surface area contributed by atoms with Crippen molar-refractivity contribution in [2.75, 3.05) is 11.9 Å². The van der Waals surface area contributed by atoms with Crippen molar-refractivity contribution in [1.82, 2.24) is 15.3 Å². The molecule has 0 saturated heterocycles. The number of thiocarbonyl (C=S) groups is 1. The molecular formula is C22H17BrN4O3S. The number of halogens is 1. The SMILES string of the molecule is CCOc1ccc(C(=O)NC(=S)Nc2cccc(-c3nc4ncccc4o3)c2)cc1Br. The summed E-state index contributed by atoms with van der Waals surface area (Å²) in [6, 6.07) is 16.1. The third-order valence-electron chi connectivity index (χ3n) is 4.25. The van der Waals surface area contributed by atoms with Crippen LogP contribution in [0.1, 0.15) is 17.3 Å². The molecule has 31 heavy (non-hydrogen) atoms. The number of nitrogens with zero attached hydrogens (tertiary/aromatic N) is 2. The van der Waals surface area contributed by atoms with Crippen LogP contribution in [-0.4, -0.2) is 27.6 Å². The van der Waals surface area contributed by atoms with Gasteiger partial charge in [-0.1, -0.05) is 6.07 Å². The van der Waals surface area contributed by atoms with Crippen molar-refractivity contribution in [2.24, 2.45) is 0 Å². The van der Waals surface area contributed by atoms with E-state index in [0.717, 1.165) is 5.56 Å². The van der Waals surface area contributed by atoms with Crippen LogP contribution < -0.4 is 15.4 Å². The summed E-state index contributed by atoms with van der Waals surface area (Å²) in [4.78, 5) is 21.1. The Morgan fingerprint density at radius 1 is 1.19 bits per heavy atom. The monoisotopic (exact) mass is 496 g/mol. The number of hydrogen-bond donors (Lipinski definition) is 2. The lowest BCUT2D eigenvalue weighted by atomic mass is 10.2. The van der Waals surface area contributed by atoms with Gasteiger partial charge in [-0.2, -0.15) is 4.98 Å². The van der Waals surface area contributed by atoms with Crippen molar-refractivity contribution in [3.05, 3.63) is 70.8 Å². The Bertz CT molecular complexity index is 1240. The van der Waals surface area contributed by atoms with E-state index in [-0.39, 0.29) is 11.0 Å². The van der Waals surface area contributed by atoms with Gasteiger partial charge in [-0.15, -0.1) is 0 Å². The summed E-state index contributed by atoms with van der Waals surface area (Å²) in [7, 11) is 0. The number of hydrogen-bond acceptors (Lipinski definition) is 6. The summed E-state index contributed by atoms with van der Waals surface area (Å²) in [5, 5.41) is 5.86. The van der Waals surface area contributed by atoms with E-state index in [4.69, 9.17) is 21.4 Å². The Morgan fingerprint density at radius 3 is 2.84 bits per heavy atom. The zero-order chi connectivity index (χ0) is 21.8. The molecule has 2 N–H and O–H groups in total. The predicted molar refractivity (Wildman–Crippen MR) is 126 cm³/mol. The predicted octanol–water partition coefficient (Wildman–Crippen LogP) is 5.18. The third kappa shape index (κ3) is 4.89. The van der Waals surface area contributed by atoms with E-state index in [9.17, 15) is 4.79 Å². The Kier molecular flexibility index (Phi) is 6.24. The highest BCUT2D eigenvalue weighted by atomic mass is 79.9. The summed E-state index contributed by atoms with van der Waals surface area (Å²) in [5.41, 5.74) is 3.05. The molecule has 156 valence electrons. The fourth-order valence-corrected chi connectivity index (χ4v) is 3.58. The van der Waals surface area contributed by atoms with Crippen LogP contribution in [0.5, 0.6) is 5.75 Å². The number of carbonyl (C=O) groups is 1. The zero-order valence-corrected chi connectivity index (χ0v) is 18.8. The van der Waals surface area contributed by atoms with Gasteiger partial charge in [0, 0.05) is 23.0 Å². The Hall–Kier alpha value is -3.30. The van der Waals surface area contributed by atoms with E-state index < -0.39 is 0 Å². The molecule has 2 aromatic carbocycles. The molecule has 0 saturated carbocycles. The van der Waals surface area contributed by atoms with Gasteiger partial charge in [0.2, 0.25) is 5.89 Å². The number of amides is 1. The first-order valence-electron chi connectivity index (χ1n) is 9.40. The average Bonchev–Trinajstić information content (AvgIpc) is 3.20. The van der Waals surface area contributed by atoms with Crippen LogP contribution in [0.3, 0.4) is 0 Å². The van der Waals surface area contributed by atoms with Crippen LogP contribution in [0, 0.1) is 0 Å². The first-order valence-corrected chi connectivity index (χ1v) is 10.6. The smallest absolute Gasteiger partial charge is 0.257 e. The summed E-state index contributed by atoms with van der Waals surface area (Å²) in [6.07, 6.45) is 1.66. The van der Waals surface area contributed by atoms with Gasteiger partial charge in [0.25, 0.3) is 5.91 Å². The number of nitrogens with one attached hydrogen (secondary N) is 2. The first kappa shape index (κ1) is 21.0. The van der Waals surface area contributed by atoms with Crippen LogP contribution in [0.25, 0.3) is 22.7 Å². The van der Waals surface area contributed by atoms with Crippen molar-refractivity contribution in [3.8, 4) is 17.2 Å². The van der Waals surface area contributed by atoms with Crippen molar-refractivity contribution in [3.63, 3.8) is 0 Å². The minimum atomic E-state index is -0.331. The summed E-state index contributed by atoms with van der Waals surface area (Å²) in [6.45, 7) is 2.44. The van der Waals surface area contributed by atoms with Gasteiger partial charge in [0.1, 0.15) is 5.75 Å². The Labute approximate surface area is 192 Å². The Morgan fingerprint density at radius 2 is 2.06 bits per heavy atom. The van der Waals surface area contributed by atoms with Gasteiger partial charge in [-0.05, 0) is 83.6 Å². The standard InChI is InChI=1S/C22H17BrN4O3S/c1-2-29-17-9-8-13(12-16(17)23)20(28)27-22(31)25-15-6-3-5-14(11-15)21-26-19-18(30-21)7-4-10-24-19/h3-12H,2H2,1H3,(H2,25,27,28,31). The number of ether oxygens (including phenoxy) is 1. The van der Waals surface area contributed by atoms with Gasteiger partial charge in [0.05, 0.1) is 11.1 Å². The number of oxazole rings is 1. The molecule has 9 heteroatoms. The molecule has 0 radical (unpaired) electrons. The van der Waals surface area contributed by atoms with Gasteiger partial charge < -0.3 is 14.5 Å². The van der Waals surface area contributed by atoms with Gasteiger partial charge >= 0.3 is 0 Å². The van der Waals surface area contributed by atoms with Crippen LogP contribution in [0.15, 0.2) is 69.7 Å².